The van der Waals surface area contributed by atoms with Crippen LogP contribution >= 0.6 is 11.3 Å². The predicted molar refractivity (Wildman–Crippen MR) is 93.4 cm³/mol. The molecule has 3 rings (SSSR count). The van der Waals surface area contributed by atoms with Gasteiger partial charge in [0, 0.05) is 16.5 Å². The molecule has 0 bridgehead atoms. The van der Waals surface area contributed by atoms with Crippen molar-refractivity contribution in [1.82, 2.24) is 4.98 Å². The van der Waals surface area contributed by atoms with Crippen molar-refractivity contribution >= 4 is 22.7 Å². The number of hydrogen-bond acceptors (Lipinski definition) is 6. The molecule has 0 fully saturated rings. The standard InChI is InChI=1S/C17H15N3O2S/c1-22-15-9-5-8-13(16(15)21)10-18-20-17-19-14(11-23-17)12-6-3-2-4-7-12/h2-11,21H,1H3,(H,19,20). The van der Waals surface area contributed by atoms with E-state index in [4.69, 9.17) is 4.74 Å². The highest BCUT2D eigenvalue weighted by Gasteiger charge is 2.05. The Labute approximate surface area is 137 Å². The van der Waals surface area contributed by atoms with Gasteiger partial charge < -0.3 is 9.84 Å². The summed E-state index contributed by atoms with van der Waals surface area (Å²) in [6.45, 7) is 0. The molecule has 5 nitrogen and oxygen atoms in total. The van der Waals surface area contributed by atoms with Gasteiger partial charge in [-0.1, -0.05) is 36.4 Å². The topological polar surface area (TPSA) is 66.7 Å². The number of nitrogens with one attached hydrogen (secondary N) is 1. The summed E-state index contributed by atoms with van der Waals surface area (Å²) in [6.07, 6.45) is 1.53. The van der Waals surface area contributed by atoms with Crippen LogP contribution < -0.4 is 10.2 Å². The minimum atomic E-state index is 0.0599. The minimum Gasteiger partial charge on any atom is -0.504 e. The summed E-state index contributed by atoms with van der Waals surface area (Å²) in [4.78, 5) is 4.47. The van der Waals surface area contributed by atoms with Crippen molar-refractivity contribution in [2.45, 2.75) is 0 Å². The molecule has 116 valence electrons. The highest BCUT2D eigenvalue weighted by Crippen LogP contribution is 2.28. The number of hydrogen-bond donors (Lipinski definition) is 2. The van der Waals surface area contributed by atoms with Crippen LogP contribution in [0.1, 0.15) is 5.56 Å². The molecular weight excluding hydrogens is 310 g/mol. The second-order valence-corrected chi connectivity index (χ2v) is 5.53. The average molecular weight is 325 g/mol. The van der Waals surface area contributed by atoms with E-state index in [0.29, 0.717) is 16.4 Å². The van der Waals surface area contributed by atoms with Crippen LogP contribution in [0.15, 0.2) is 59.0 Å². The number of ether oxygens (including phenoxy) is 1. The van der Waals surface area contributed by atoms with Gasteiger partial charge in [0.2, 0.25) is 5.13 Å². The molecule has 1 aromatic heterocycles. The van der Waals surface area contributed by atoms with E-state index in [1.165, 1.54) is 24.7 Å². The molecule has 2 N–H and O–H groups in total. The normalized spacial score (nSPS) is 10.8. The van der Waals surface area contributed by atoms with Crippen molar-refractivity contribution in [1.29, 1.82) is 0 Å². The number of nitrogens with zero attached hydrogens (tertiary/aromatic N) is 2. The lowest BCUT2D eigenvalue weighted by Gasteiger charge is -2.04. The lowest BCUT2D eigenvalue weighted by atomic mass is 10.2. The molecule has 0 aliphatic heterocycles. The molecule has 0 atom stereocenters. The number of aromatic nitrogens is 1. The fourth-order valence-electron chi connectivity index (χ4n) is 2.03. The number of aromatic hydroxyl groups is 1. The summed E-state index contributed by atoms with van der Waals surface area (Å²) in [5.41, 5.74) is 5.40. The van der Waals surface area contributed by atoms with Crippen molar-refractivity contribution in [3.63, 3.8) is 0 Å². The molecule has 0 unspecified atom stereocenters. The van der Waals surface area contributed by atoms with Gasteiger partial charge in [0.1, 0.15) is 0 Å². The zero-order valence-corrected chi connectivity index (χ0v) is 13.2. The highest BCUT2D eigenvalue weighted by molar-refractivity contribution is 7.14. The summed E-state index contributed by atoms with van der Waals surface area (Å²) in [6, 6.07) is 15.2. The lowest BCUT2D eigenvalue weighted by molar-refractivity contribution is 0.373. The van der Waals surface area contributed by atoms with Gasteiger partial charge in [0.15, 0.2) is 11.5 Å². The molecule has 1 heterocycles. The molecule has 0 saturated carbocycles. The number of methoxy groups -OCH3 is 1. The Kier molecular flexibility index (Phi) is 4.54. The number of benzene rings is 2. The molecule has 23 heavy (non-hydrogen) atoms. The van der Waals surface area contributed by atoms with Crippen LogP contribution in [0.4, 0.5) is 5.13 Å². The van der Waals surface area contributed by atoms with E-state index >= 15 is 0 Å². The monoisotopic (exact) mass is 325 g/mol. The Morgan fingerprint density at radius 1 is 1.17 bits per heavy atom. The maximum absolute atomic E-state index is 9.98. The molecule has 0 amide bonds. The Balaban J connectivity index is 1.71. The van der Waals surface area contributed by atoms with Crippen molar-refractivity contribution in [2.75, 3.05) is 12.5 Å². The zero-order chi connectivity index (χ0) is 16.1. The molecule has 0 spiro atoms. The summed E-state index contributed by atoms with van der Waals surface area (Å²) in [5, 5.41) is 16.7. The van der Waals surface area contributed by atoms with E-state index < -0.39 is 0 Å². The number of thiazole rings is 1. The van der Waals surface area contributed by atoms with Crippen molar-refractivity contribution in [2.24, 2.45) is 5.10 Å². The Hall–Kier alpha value is -2.86. The maximum Gasteiger partial charge on any atom is 0.203 e. The summed E-state index contributed by atoms with van der Waals surface area (Å²) >= 11 is 1.47. The smallest absolute Gasteiger partial charge is 0.203 e. The first-order valence-corrected chi connectivity index (χ1v) is 7.82. The maximum atomic E-state index is 9.98. The van der Waals surface area contributed by atoms with Gasteiger partial charge in [-0.3, -0.25) is 5.43 Å². The molecular formula is C17H15N3O2S. The summed E-state index contributed by atoms with van der Waals surface area (Å²) in [5.74, 6) is 0.472. The van der Waals surface area contributed by atoms with Gasteiger partial charge in [-0.05, 0) is 12.1 Å². The summed E-state index contributed by atoms with van der Waals surface area (Å²) in [7, 11) is 1.51. The highest BCUT2D eigenvalue weighted by atomic mass is 32.1. The van der Waals surface area contributed by atoms with Gasteiger partial charge >= 0.3 is 0 Å². The second kappa shape index (κ2) is 6.93. The molecule has 6 heteroatoms. The van der Waals surface area contributed by atoms with E-state index in [2.05, 4.69) is 15.5 Å². The van der Waals surface area contributed by atoms with E-state index in [1.807, 2.05) is 35.7 Å². The first-order valence-electron chi connectivity index (χ1n) is 6.94. The third-order valence-electron chi connectivity index (χ3n) is 3.19. The fraction of sp³-hybridized carbons (Fsp3) is 0.0588. The Morgan fingerprint density at radius 3 is 2.78 bits per heavy atom. The number of rotatable bonds is 5. The molecule has 3 aromatic rings. The minimum absolute atomic E-state index is 0.0599. The molecule has 2 aromatic carbocycles. The van der Waals surface area contributed by atoms with E-state index in [0.717, 1.165) is 11.3 Å². The Bertz CT molecular complexity index is 816. The van der Waals surface area contributed by atoms with Crippen LogP contribution in [-0.4, -0.2) is 23.4 Å². The van der Waals surface area contributed by atoms with Crippen molar-refractivity contribution in [3.8, 4) is 22.8 Å². The van der Waals surface area contributed by atoms with Crippen LogP contribution in [0.2, 0.25) is 0 Å². The van der Waals surface area contributed by atoms with Gasteiger partial charge in [-0.2, -0.15) is 5.10 Å². The number of phenolic OH excluding ortho intramolecular Hbond substituents is 1. The van der Waals surface area contributed by atoms with Crippen LogP contribution in [0.25, 0.3) is 11.3 Å². The predicted octanol–water partition coefficient (Wildman–Crippen LogP) is 3.97. The SMILES string of the molecule is COc1cccc(C=NNc2nc(-c3ccccc3)cs2)c1O. The number of phenols is 1. The zero-order valence-electron chi connectivity index (χ0n) is 12.4. The molecule has 0 radical (unpaired) electrons. The van der Waals surface area contributed by atoms with Crippen LogP contribution in [0.3, 0.4) is 0 Å². The largest absolute Gasteiger partial charge is 0.504 e. The van der Waals surface area contributed by atoms with Gasteiger partial charge in [0.25, 0.3) is 0 Å². The number of para-hydroxylation sites is 1. The first kappa shape index (κ1) is 15.1. The quantitative estimate of drug-likeness (QED) is 0.550. The van der Waals surface area contributed by atoms with Crippen molar-refractivity contribution in [3.05, 3.63) is 59.5 Å². The van der Waals surface area contributed by atoms with Gasteiger partial charge in [0.05, 0.1) is 19.0 Å². The van der Waals surface area contributed by atoms with E-state index in [-0.39, 0.29) is 5.75 Å². The third kappa shape index (κ3) is 3.49. The van der Waals surface area contributed by atoms with Crippen molar-refractivity contribution < 1.29 is 9.84 Å². The number of hydrazone groups is 1. The fourth-order valence-corrected chi connectivity index (χ4v) is 2.70. The van der Waals surface area contributed by atoms with Crippen LogP contribution in [-0.2, 0) is 0 Å². The van der Waals surface area contributed by atoms with Gasteiger partial charge in [-0.25, -0.2) is 4.98 Å². The van der Waals surface area contributed by atoms with Crippen LogP contribution in [0.5, 0.6) is 11.5 Å². The third-order valence-corrected chi connectivity index (χ3v) is 3.93. The van der Waals surface area contributed by atoms with E-state index in [1.54, 1.807) is 18.2 Å². The first-order chi connectivity index (χ1) is 11.3. The van der Waals surface area contributed by atoms with E-state index in [9.17, 15) is 5.11 Å². The molecule has 0 aliphatic carbocycles. The second-order valence-electron chi connectivity index (χ2n) is 4.67. The molecule has 0 aliphatic rings. The summed E-state index contributed by atoms with van der Waals surface area (Å²) < 4.78 is 5.06. The number of anilines is 1. The van der Waals surface area contributed by atoms with Gasteiger partial charge in [-0.15, -0.1) is 11.3 Å². The van der Waals surface area contributed by atoms with Crippen LogP contribution in [0, 0.1) is 0 Å². The lowest BCUT2D eigenvalue weighted by Crippen LogP contribution is -1.92. The Morgan fingerprint density at radius 2 is 2.00 bits per heavy atom. The average Bonchev–Trinajstić information content (AvgIpc) is 3.06. The molecule has 0 saturated heterocycles.